The molecule has 14 heavy (non-hydrogen) atoms. The molecule has 74 valence electrons. The maximum atomic E-state index is 11.0. The Kier molecular flexibility index (Phi) is 3.73. The van der Waals surface area contributed by atoms with Crippen LogP contribution >= 0.6 is 0 Å². The van der Waals surface area contributed by atoms with E-state index in [1.165, 1.54) is 0 Å². The average molecular weight is 192 g/mol. The zero-order valence-electron chi connectivity index (χ0n) is 7.77. The van der Waals surface area contributed by atoms with Gasteiger partial charge in [0.05, 0.1) is 12.7 Å². The molecule has 3 heteroatoms. The fourth-order valence-corrected chi connectivity index (χ4v) is 1.11. The van der Waals surface area contributed by atoms with E-state index in [1.807, 2.05) is 6.07 Å². The number of hydrogen-bond acceptors (Lipinski definition) is 3. The molecule has 0 bridgehead atoms. The van der Waals surface area contributed by atoms with Gasteiger partial charge in [0.15, 0.2) is 0 Å². The number of carbonyl (C=O) groups is 1. The molecule has 0 aliphatic rings. The first-order chi connectivity index (χ1) is 6.74. The first kappa shape index (κ1) is 10.3. The third-order valence-electron chi connectivity index (χ3n) is 1.80. The molecule has 1 aromatic rings. The van der Waals surface area contributed by atoms with Crippen LogP contribution in [0.15, 0.2) is 37.1 Å². The fourth-order valence-electron chi connectivity index (χ4n) is 1.11. The average Bonchev–Trinajstić information content (AvgIpc) is 2.17. The number of aryl methyl sites for hydroxylation is 1. The van der Waals surface area contributed by atoms with Gasteiger partial charge in [-0.25, -0.2) is 0 Å². The Hall–Kier alpha value is -1.77. The summed E-state index contributed by atoms with van der Waals surface area (Å²) < 4.78 is 4.55. The van der Waals surface area contributed by atoms with Crippen molar-refractivity contribution < 1.29 is 14.6 Å². The van der Waals surface area contributed by atoms with Crippen molar-refractivity contribution in [3.8, 4) is 5.75 Å². The summed E-state index contributed by atoms with van der Waals surface area (Å²) in [5, 5.41) is 9.38. The van der Waals surface area contributed by atoms with E-state index >= 15 is 0 Å². The van der Waals surface area contributed by atoms with Crippen LogP contribution in [0.4, 0.5) is 0 Å². The van der Waals surface area contributed by atoms with Crippen molar-refractivity contribution in [3.05, 3.63) is 42.7 Å². The summed E-state index contributed by atoms with van der Waals surface area (Å²) in [6.07, 6.45) is 1.82. The third-order valence-corrected chi connectivity index (χ3v) is 1.80. The second kappa shape index (κ2) is 5.07. The minimum atomic E-state index is -0.344. The molecule has 0 saturated carbocycles. The molecule has 0 unspecified atom stereocenters. The molecule has 0 aromatic heterocycles. The van der Waals surface area contributed by atoms with Crippen LogP contribution in [-0.4, -0.2) is 11.1 Å². The molecule has 0 spiro atoms. The van der Waals surface area contributed by atoms with E-state index in [0.29, 0.717) is 6.42 Å². The van der Waals surface area contributed by atoms with E-state index in [4.69, 9.17) is 0 Å². The lowest BCUT2D eigenvalue weighted by atomic mass is 10.1. The normalized spacial score (nSPS) is 9.43. The molecule has 0 atom stereocenters. The fraction of sp³-hybridized carbons (Fsp3) is 0.182. The zero-order valence-corrected chi connectivity index (χ0v) is 7.77. The van der Waals surface area contributed by atoms with Gasteiger partial charge in [0.2, 0.25) is 0 Å². The Balaban J connectivity index is 2.49. The Morgan fingerprint density at radius 3 is 2.86 bits per heavy atom. The maximum absolute atomic E-state index is 11.0. The van der Waals surface area contributed by atoms with Gasteiger partial charge in [0.25, 0.3) is 0 Å². The molecule has 0 heterocycles. The van der Waals surface area contributed by atoms with Crippen LogP contribution in [0.2, 0.25) is 0 Å². The Morgan fingerprint density at radius 1 is 1.50 bits per heavy atom. The zero-order chi connectivity index (χ0) is 10.4. The molecule has 1 rings (SSSR count). The summed E-state index contributed by atoms with van der Waals surface area (Å²) in [5.41, 5.74) is 0.744. The quantitative estimate of drug-likeness (QED) is 0.586. The van der Waals surface area contributed by atoms with E-state index in [0.717, 1.165) is 11.8 Å². The van der Waals surface area contributed by atoms with Gasteiger partial charge in [-0.3, -0.25) is 4.79 Å². The molecular weight excluding hydrogens is 180 g/mol. The van der Waals surface area contributed by atoms with Crippen molar-refractivity contribution in [1.29, 1.82) is 0 Å². The summed E-state index contributed by atoms with van der Waals surface area (Å²) >= 11 is 0. The predicted molar refractivity (Wildman–Crippen MR) is 52.7 cm³/mol. The number of hydrogen-bond donors (Lipinski definition) is 1. The largest absolute Gasteiger partial charge is 0.508 e. The number of benzene rings is 1. The van der Waals surface area contributed by atoms with Gasteiger partial charge < -0.3 is 9.84 Å². The summed E-state index contributed by atoms with van der Waals surface area (Å²) in [7, 11) is 0. The lowest BCUT2D eigenvalue weighted by Crippen LogP contribution is -2.01. The number of phenols is 1. The smallest absolute Gasteiger partial charge is 0.310 e. The van der Waals surface area contributed by atoms with E-state index in [9.17, 15) is 9.90 Å². The monoisotopic (exact) mass is 192 g/mol. The number of rotatable bonds is 4. The van der Waals surface area contributed by atoms with Crippen molar-refractivity contribution in [2.75, 3.05) is 0 Å². The predicted octanol–water partition coefficient (Wildman–Crippen LogP) is 2.01. The number of para-hydroxylation sites is 1. The van der Waals surface area contributed by atoms with E-state index < -0.39 is 0 Å². The van der Waals surface area contributed by atoms with Crippen LogP contribution in [0.5, 0.6) is 5.75 Å². The molecule has 0 saturated heterocycles. The first-order valence-corrected chi connectivity index (χ1v) is 4.31. The number of phenolic OH excluding ortho intramolecular Hbond substituents is 1. The van der Waals surface area contributed by atoms with Crippen molar-refractivity contribution in [2.45, 2.75) is 12.8 Å². The van der Waals surface area contributed by atoms with Gasteiger partial charge in [-0.2, -0.15) is 0 Å². The van der Waals surface area contributed by atoms with Crippen LogP contribution in [0.1, 0.15) is 12.0 Å². The highest BCUT2D eigenvalue weighted by Gasteiger charge is 2.04. The molecule has 0 aliphatic carbocycles. The molecule has 1 N–H and O–H groups in total. The third kappa shape index (κ3) is 2.94. The van der Waals surface area contributed by atoms with E-state index in [1.54, 1.807) is 18.2 Å². The Morgan fingerprint density at radius 2 is 2.21 bits per heavy atom. The van der Waals surface area contributed by atoms with Crippen molar-refractivity contribution in [2.24, 2.45) is 0 Å². The van der Waals surface area contributed by atoms with Crippen LogP contribution in [0, 0.1) is 0 Å². The summed E-state index contributed by atoms with van der Waals surface area (Å²) in [6.45, 7) is 3.28. The van der Waals surface area contributed by atoms with Crippen LogP contribution < -0.4 is 0 Å². The molecule has 1 aromatic carbocycles. The molecule has 0 fully saturated rings. The minimum Gasteiger partial charge on any atom is -0.508 e. The van der Waals surface area contributed by atoms with Gasteiger partial charge >= 0.3 is 5.97 Å². The van der Waals surface area contributed by atoms with Gasteiger partial charge in [-0.05, 0) is 18.1 Å². The highest BCUT2D eigenvalue weighted by atomic mass is 16.5. The van der Waals surface area contributed by atoms with Crippen LogP contribution in [0.25, 0.3) is 0 Å². The lowest BCUT2D eigenvalue weighted by molar-refractivity contribution is -0.137. The highest BCUT2D eigenvalue weighted by Crippen LogP contribution is 2.17. The van der Waals surface area contributed by atoms with Gasteiger partial charge in [-0.15, -0.1) is 0 Å². The second-order valence-corrected chi connectivity index (χ2v) is 2.79. The maximum Gasteiger partial charge on any atom is 0.310 e. The summed E-state index contributed by atoms with van der Waals surface area (Å²) in [6, 6.07) is 6.92. The minimum absolute atomic E-state index is 0.207. The van der Waals surface area contributed by atoms with Crippen molar-refractivity contribution in [3.63, 3.8) is 0 Å². The van der Waals surface area contributed by atoms with E-state index in [2.05, 4.69) is 11.3 Å². The number of ether oxygens (including phenoxy) is 1. The highest BCUT2D eigenvalue weighted by molar-refractivity contribution is 5.70. The molecule has 0 aliphatic heterocycles. The topological polar surface area (TPSA) is 46.5 Å². The lowest BCUT2D eigenvalue weighted by Gasteiger charge is -2.02. The molecule has 3 nitrogen and oxygen atoms in total. The number of aromatic hydroxyl groups is 1. The first-order valence-electron chi connectivity index (χ1n) is 4.31. The van der Waals surface area contributed by atoms with Gasteiger partial charge in [0, 0.05) is 0 Å². The van der Waals surface area contributed by atoms with Crippen molar-refractivity contribution >= 4 is 5.97 Å². The van der Waals surface area contributed by atoms with E-state index in [-0.39, 0.29) is 18.1 Å². The number of carbonyl (C=O) groups excluding carboxylic acids is 1. The molecular formula is C11H12O3. The summed E-state index contributed by atoms with van der Waals surface area (Å²) in [5.74, 6) is -0.137. The SMILES string of the molecule is C=COC(=O)CCc1ccccc1O. The summed E-state index contributed by atoms with van der Waals surface area (Å²) in [4.78, 5) is 11.0. The van der Waals surface area contributed by atoms with Gasteiger partial charge in [0.1, 0.15) is 5.75 Å². The molecule has 0 amide bonds. The number of esters is 1. The Bertz CT molecular complexity index is 331. The Labute approximate surface area is 82.6 Å². The molecule has 0 radical (unpaired) electrons. The standard InChI is InChI=1S/C11H12O3/c1-2-14-11(13)8-7-9-5-3-4-6-10(9)12/h2-6,12H,1,7-8H2. The van der Waals surface area contributed by atoms with Gasteiger partial charge in [-0.1, -0.05) is 24.8 Å². The second-order valence-electron chi connectivity index (χ2n) is 2.79. The van der Waals surface area contributed by atoms with Crippen molar-refractivity contribution in [1.82, 2.24) is 0 Å². The van der Waals surface area contributed by atoms with Crippen LogP contribution in [0.3, 0.4) is 0 Å². The van der Waals surface area contributed by atoms with Crippen LogP contribution in [-0.2, 0) is 16.0 Å².